The Hall–Kier alpha value is -2.01. The molecule has 2 aromatic rings. The number of aryl methyl sites for hydroxylation is 2. The van der Waals surface area contributed by atoms with Crippen LogP contribution in [0, 0.1) is 13.8 Å². The molecular weight excluding hydrogens is 358 g/mol. The van der Waals surface area contributed by atoms with E-state index in [0.717, 1.165) is 27.1 Å². The molecule has 0 aliphatic carbocycles. The van der Waals surface area contributed by atoms with Gasteiger partial charge in [-0.15, -0.1) is 0 Å². The summed E-state index contributed by atoms with van der Waals surface area (Å²) < 4.78 is 11.9. The molecule has 0 saturated carbocycles. The molecular formula is C18H20BrNO3. The molecule has 1 N–H and O–H groups in total. The van der Waals surface area contributed by atoms with Gasteiger partial charge >= 0.3 is 0 Å². The summed E-state index contributed by atoms with van der Waals surface area (Å²) in [6.45, 7) is 5.65. The second kappa shape index (κ2) is 7.51. The number of rotatable bonds is 5. The van der Waals surface area contributed by atoms with Gasteiger partial charge in [0.1, 0.15) is 11.5 Å². The summed E-state index contributed by atoms with van der Waals surface area (Å²) in [5.74, 6) is 1.29. The zero-order valence-corrected chi connectivity index (χ0v) is 15.2. The van der Waals surface area contributed by atoms with E-state index in [1.165, 1.54) is 0 Å². The van der Waals surface area contributed by atoms with Gasteiger partial charge in [0.15, 0.2) is 6.10 Å². The SMILES string of the molecule is COc1ccc(NC(=O)C(C)Oc2c(C)cc(Br)cc2C)cc1. The normalized spacial score (nSPS) is 11.7. The Morgan fingerprint density at radius 2 is 1.70 bits per heavy atom. The van der Waals surface area contributed by atoms with Crippen molar-refractivity contribution in [2.45, 2.75) is 26.9 Å². The Balaban J connectivity index is 2.05. The standard InChI is InChI=1S/C18H20BrNO3/c1-11-9-14(19)10-12(2)17(11)23-13(3)18(21)20-15-5-7-16(22-4)8-6-15/h5-10,13H,1-4H3,(H,20,21). The Morgan fingerprint density at radius 3 is 2.22 bits per heavy atom. The third-order valence-corrected chi connectivity index (χ3v) is 3.90. The Kier molecular flexibility index (Phi) is 5.66. The van der Waals surface area contributed by atoms with Crippen LogP contribution in [0.4, 0.5) is 5.69 Å². The molecule has 122 valence electrons. The molecule has 0 radical (unpaired) electrons. The molecule has 0 aromatic heterocycles. The van der Waals surface area contributed by atoms with Gasteiger partial charge in [-0.2, -0.15) is 0 Å². The predicted molar refractivity (Wildman–Crippen MR) is 95.3 cm³/mol. The number of hydrogen-bond donors (Lipinski definition) is 1. The van der Waals surface area contributed by atoms with Gasteiger partial charge in [-0.1, -0.05) is 15.9 Å². The van der Waals surface area contributed by atoms with Gasteiger partial charge in [-0.3, -0.25) is 4.79 Å². The third kappa shape index (κ3) is 4.48. The molecule has 2 aromatic carbocycles. The number of carbonyl (C=O) groups is 1. The molecule has 5 heteroatoms. The number of hydrogen-bond acceptors (Lipinski definition) is 3. The van der Waals surface area contributed by atoms with Crippen LogP contribution < -0.4 is 14.8 Å². The van der Waals surface area contributed by atoms with Crippen LogP contribution in [-0.2, 0) is 4.79 Å². The van der Waals surface area contributed by atoms with Crippen LogP contribution in [0.5, 0.6) is 11.5 Å². The number of ether oxygens (including phenoxy) is 2. The number of methoxy groups -OCH3 is 1. The number of halogens is 1. The van der Waals surface area contributed by atoms with Gasteiger partial charge in [0.2, 0.25) is 0 Å². The minimum Gasteiger partial charge on any atom is -0.497 e. The van der Waals surface area contributed by atoms with E-state index in [1.54, 1.807) is 38.3 Å². The van der Waals surface area contributed by atoms with Crippen LogP contribution >= 0.6 is 15.9 Å². The molecule has 2 rings (SSSR count). The highest BCUT2D eigenvalue weighted by molar-refractivity contribution is 9.10. The first kappa shape index (κ1) is 17.3. The molecule has 4 nitrogen and oxygen atoms in total. The molecule has 0 saturated heterocycles. The molecule has 0 fully saturated rings. The smallest absolute Gasteiger partial charge is 0.265 e. The van der Waals surface area contributed by atoms with Gasteiger partial charge in [-0.05, 0) is 68.3 Å². The van der Waals surface area contributed by atoms with Crippen molar-refractivity contribution in [3.8, 4) is 11.5 Å². The molecule has 1 unspecified atom stereocenters. The summed E-state index contributed by atoms with van der Waals surface area (Å²) in [6.07, 6.45) is -0.601. The molecule has 23 heavy (non-hydrogen) atoms. The number of nitrogens with one attached hydrogen (secondary N) is 1. The van der Waals surface area contributed by atoms with Crippen LogP contribution in [-0.4, -0.2) is 19.1 Å². The number of anilines is 1. The van der Waals surface area contributed by atoms with Crippen LogP contribution in [0.15, 0.2) is 40.9 Å². The van der Waals surface area contributed by atoms with Crippen LogP contribution in [0.2, 0.25) is 0 Å². The van der Waals surface area contributed by atoms with Crippen molar-refractivity contribution >= 4 is 27.5 Å². The first-order valence-corrected chi connectivity index (χ1v) is 8.08. The minimum atomic E-state index is -0.601. The van der Waals surface area contributed by atoms with E-state index >= 15 is 0 Å². The van der Waals surface area contributed by atoms with Crippen molar-refractivity contribution in [2.75, 3.05) is 12.4 Å². The minimum absolute atomic E-state index is 0.197. The maximum atomic E-state index is 12.3. The van der Waals surface area contributed by atoms with Crippen molar-refractivity contribution in [3.63, 3.8) is 0 Å². The highest BCUT2D eigenvalue weighted by Crippen LogP contribution is 2.28. The van der Waals surface area contributed by atoms with Crippen molar-refractivity contribution in [2.24, 2.45) is 0 Å². The van der Waals surface area contributed by atoms with Crippen LogP contribution in [0.3, 0.4) is 0 Å². The topological polar surface area (TPSA) is 47.6 Å². The first-order chi connectivity index (χ1) is 10.9. The Bertz CT molecular complexity index is 675. The highest BCUT2D eigenvalue weighted by Gasteiger charge is 2.17. The largest absolute Gasteiger partial charge is 0.497 e. The Morgan fingerprint density at radius 1 is 1.13 bits per heavy atom. The molecule has 0 aliphatic heterocycles. The summed E-state index contributed by atoms with van der Waals surface area (Å²) in [6, 6.07) is 11.1. The predicted octanol–water partition coefficient (Wildman–Crippen LogP) is 4.48. The van der Waals surface area contributed by atoms with E-state index in [2.05, 4.69) is 21.2 Å². The lowest BCUT2D eigenvalue weighted by atomic mass is 10.1. The lowest BCUT2D eigenvalue weighted by molar-refractivity contribution is -0.122. The molecule has 0 heterocycles. The summed E-state index contributed by atoms with van der Waals surface area (Å²) in [7, 11) is 1.60. The average Bonchev–Trinajstić information content (AvgIpc) is 2.51. The lowest BCUT2D eigenvalue weighted by Gasteiger charge is -2.18. The second-order valence-corrected chi connectivity index (χ2v) is 6.26. The highest BCUT2D eigenvalue weighted by atomic mass is 79.9. The zero-order chi connectivity index (χ0) is 17.0. The van der Waals surface area contributed by atoms with Crippen molar-refractivity contribution in [1.29, 1.82) is 0 Å². The fourth-order valence-corrected chi connectivity index (χ4v) is 2.92. The van der Waals surface area contributed by atoms with E-state index in [4.69, 9.17) is 9.47 Å². The van der Waals surface area contributed by atoms with Gasteiger partial charge in [0.25, 0.3) is 5.91 Å². The van der Waals surface area contributed by atoms with Gasteiger partial charge in [0, 0.05) is 10.2 Å². The monoisotopic (exact) mass is 377 g/mol. The fraction of sp³-hybridized carbons (Fsp3) is 0.278. The summed E-state index contributed by atoms with van der Waals surface area (Å²) >= 11 is 3.45. The van der Waals surface area contributed by atoms with E-state index < -0.39 is 6.10 Å². The molecule has 0 aliphatic rings. The van der Waals surface area contributed by atoms with Gasteiger partial charge in [-0.25, -0.2) is 0 Å². The summed E-state index contributed by atoms with van der Waals surface area (Å²) in [5, 5.41) is 2.83. The maximum Gasteiger partial charge on any atom is 0.265 e. The third-order valence-electron chi connectivity index (χ3n) is 3.45. The molecule has 1 amide bonds. The maximum absolute atomic E-state index is 12.3. The van der Waals surface area contributed by atoms with E-state index in [0.29, 0.717) is 5.69 Å². The lowest BCUT2D eigenvalue weighted by Crippen LogP contribution is -2.30. The van der Waals surface area contributed by atoms with Crippen LogP contribution in [0.1, 0.15) is 18.1 Å². The molecule has 0 spiro atoms. The average molecular weight is 378 g/mol. The van der Waals surface area contributed by atoms with Crippen molar-refractivity contribution < 1.29 is 14.3 Å². The summed E-state index contributed by atoms with van der Waals surface area (Å²) in [4.78, 5) is 12.3. The van der Waals surface area contributed by atoms with E-state index in [1.807, 2.05) is 26.0 Å². The van der Waals surface area contributed by atoms with Gasteiger partial charge in [0.05, 0.1) is 7.11 Å². The van der Waals surface area contributed by atoms with Crippen LogP contribution in [0.25, 0.3) is 0 Å². The summed E-state index contributed by atoms with van der Waals surface area (Å²) in [5.41, 5.74) is 2.68. The Labute approximate surface area is 144 Å². The first-order valence-electron chi connectivity index (χ1n) is 7.29. The van der Waals surface area contributed by atoms with Gasteiger partial charge < -0.3 is 14.8 Å². The second-order valence-electron chi connectivity index (χ2n) is 5.35. The fourth-order valence-electron chi connectivity index (χ4n) is 2.23. The van der Waals surface area contributed by atoms with E-state index in [-0.39, 0.29) is 5.91 Å². The zero-order valence-electron chi connectivity index (χ0n) is 13.6. The number of amides is 1. The molecule has 1 atom stereocenters. The van der Waals surface area contributed by atoms with Crippen molar-refractivity contribution in [3.05, 3.63) is 52.0 Å². The number of benzene rings is 2. The van der Waals surface area contributed by atoms with E-state index in [9.17, 15) is 4.79 Å². The number of carbonyl (C=O) groups excluding carboxylic acids is 1. The quantitative estimate of drug-likeness (QED) is 0.835. The van der Waals surface area contributed by atoms with Crippen molar-refractivity contribution in [1.82, 2.24) is 0 Å². The molecule has 0 bridgehead atoms.